The molecule has 0 radical (unpaired) electrons. The average Bonchev–Trinajstić information content (AvgIpc) is 1.50. The molecule has 16 rings (SSSR count). The van der Waals surface area contributed by atoms with Crippen molar-refractivity contribution in [3.05, 3.63) is 397 Å². The van der Waals surface area contributed by atoms with Crippen molar-refractivity contribution >= 4 is 52.4 Å². The van der Waals surface area contributed by atoms with Crippen LogP contribution in [0.2, 0.25) is 0 Å². The molecule has 0 bridgehead atoms. The second-order valence-corrected chi connectivity index (χ2v) is 33.1. The third-order valence-electron chi connectivity index (χ3n) is 17.9. The molecule has 6 aromatic heterocycles. The maximum absolute atomic E-state index is 12.6. The van der Waals surface area contributed by atoms with E-state index in [1.54, 1.807) is 109 Å². The molecule has 10 aromatic carbocycles. The van der Waals surface area contributed by atoms with Crippen LogP contribution in [0, 0.1) is 49.1 Å². The molecule has 0 aliphatic heterocycles. The summed E-state index contributed by atoms with van der Waals surface area (Å²) in [5, 5.41) is 23.1. The van der Waals surface area contributed by atoms with E-state index in [2.05, 4.69) is 231 Å². The molecule has 0 aliphatic carbocycles. The number of anilines is 4. The number of hydrogen-bond acceptors (Lipinski definition) is 23. The Kier molecular flexibility index (Phi) is 52.5. The fraction of sp³-hybridized carbons (Fsp3) is 0.210. The number of carbonyl (C=O) groups is 3. The number of rotatable bonds is 21. The van der Waals surface area contributed by atoms with Crippen molar-refractivity contribution in [2.75, 3.05) is 44.4 Å². The SMILES string of the molecule is CC(C)(C)c1c[c-]no1.CC(C)(C)c1c[c-]no1.CC(C)(C)c1c[c-]no1.CC(C)(C)c1c[c-]no1.COc1cc(OC)nc(Nc2cccc(C(=O)Nc3cc[c-]cc3)c2)n1.COc1cc(OC)nc(Sc2ccccc2C(=O)Nc2cc[c-]cc2)n1.O=C(c1ccccc1)c1ccc(COc2cc[c-]cc2)cc1.[K+].[K+].[K+].[K+].[c-]1ccc(OCc2ccccc2-c2ccccc2)cc1. The van der Waals surface area contributed by atoms with E-state index in [-0.39, 0.29) is 245 Å². The van der Waals surface area contributed by atoms with Crippen LogP contribution in [0.1, 0.15) is 154 Å². The number of methoxy groups -OCH3 is 4. The molecule has 29 heteroatoms. The van der Waals surface area contributed by atoms with Crippen molar-refractivity contribution in [1.82, 2.24) is 40.6 Å². The van der Waals surface area contributed by atoms with Crippen molar-refractivity contribution in [2.24, 2.45) is 0 Å². The van der Waals surface area contributed by atoms with Gasteiger partial charge in [-0.25, -0.2) is 20.6 Å². The minimum atomic E-state index is -0.219. The monoisotopic (exact) mass is 1910 g/mol. The number of hydrogen-bond donors (Lipinski definition) is 3. The molecule has 0 unspecified atom stereocenters. The number of benzene rings is 10. The van der Waals surface area contributed by atoms with Gasteiger partial charge in [-0.2, -0.15) is 117 Å². The molecule has 0 aliphatic rings. The molecule has 0 saturated carbocycles. The molecule has 6 heterocycles. The van der Waals surface area contributed by atoms with Gasteiger partial charge >= 0.3 is 206 Å². The summed E-state index contributed by atoms with van der Waals surface area (Å²) >= 11 is 1.26. The van der Waals surface area contributed by atoms with E-state index in [1.807, 2.05) is 140 Å². The van der Waals surface area contributed by atoms with E-state index in [4.69, 9.17) is 46.5 Å². The molecule has 670 valence electrons. The second kappa shape index (κ2) is 60.8. The van der Waals surface area contributed by atoms with Crippen LogP contribution in [0.3, 0.4) is 0 Å². The molecule has 0 atom stereocenters. The third-order valence-corrected chi connectivity index (χ3v) is 18.8. The molecular weight excluding hydrogens is 1810 g/mol. The summed E-state index contributed by atoms with van der Waals surface area (Å²) in [7, 11) is 6.07. The normalized spacial score (nSPS) is 10.3. The quantitative estimate of drug-likeness (QED) is 0.0261. The summed E-state index contributed by atoms with van der Waals surface area (Å²) in [6.07, 6.45) is 10.5. The van der Waals surface area contributed by atoms with Crippen LogP contribution in [0.25, 0.3) is 11.1 Å². The smallest absolute Gasteiger partial charge is 0.514 e. The van der Waals surface area contributed by atoms with Crippen LogP contribution >= 0.6 is 11.8 Å². The number of nitrogens with one attached hydrogen (secondary N) is 3. The molecule has 24 nitrogen and oxygen atoms in total. The van der Waals surface area contributed by atoms with E-state index < -0.39 is 0 Å². The summed E-state index contributed by atoms with van der Waals surface area (Å²) in [5.74, 6) is 6.61. The zero-order valence-electron chi connectivity index (χ0n) is 79.4. The topological polar surface area (TPSA) is 298 Å². The number of ketones is 1. The van der Waals surface area contributed by atoms with Gasteiger partial charge in [-0.3, -0.25) is 14.4 Å². The van der Waals surface area contributed by atoms with E-state index in [9.17, 15) is 14.4 Å². The molecule has 2 amide bonds. The summed E-state index contributed by atoms with van der Waals surface area (Å²) < 4.78 is 51.7. The van der Waals surface area contributed by atoms with Crippen molar-refractivity contribution < 1.29 is 266 Å². The van der Waals surface area contributed by atoms with Gasteiger partial charge in [0, 0.05) is 38.8 Å². The minimum absolute atomic E-state index is 0. The van der Waals surface area contributed by atoms with Gasteiger partial charge in [0.15, 0.2) is 10.9 Å². The van der Waals surface area contributed by atoms with Gasteiger partial charge in [-0.1, -0.05) is 222 Å². The van der Waals surface area contributed by atoms with Crippen LogP contribution in [0.5, 0.6) is 35.0 Å². The number of amides is 2. The van der Waals surface area contributed by atoms with Crippen LogP contribution in [-0.4, -0.2) is 86.6 Å². The molecule has 0 fully saturated rings. The Labute approximate surface area is 960 Å². The van der Waals surface area contributed by atoms with E-state index in [0.29, 0.717) is 87.2 Å². The molecule has 0 spiro atoms. The van der Waals surface area contributed by atoms with Crippen molar-refractivity contribution in [1.29, 1.82) is 0 Å². The number of aromatic nitrogens is 8. The molecule has 16 aromatic rings. The first kappa shape index (κ1) is 116. The summed E-state index contributed by atoms with van der Waals surface area (Å²) in [6, 6.07) is 101. The minimum Gasteiger partial charge on any atom is -0.514 e. The zero-order chi connectivity index (χ0) is 93.2. The van der Waals surface area contributed by atoms with E-state index >= 15 is 0 Å². The Bertz CT molecular complexity index is 5750. The summed E-state index contributed by atoms with van der Waals surface area (Å²) in [4.78, 5) is 55.1. The van der Waals surface area contributed by atoms with Gasteiger partial charge in [0.25, 0.3) is 11.8 Å². The maximum atomic E-state index is 12.6. The molecule has 3 N–H and O–H groups in total. The average molecular weight is 1920 g/mol. The largest absolute Gasteiger partial charge is 1.00 e. The fourth-order valence-corrected chi connectivity index (χ4v) is 11.7. The van der Waals surface area contributed by atoms with Crippen molar-refractivity contribution in [2.45, 2.75) is 128 Å². The second-order valence-electron chi connectivity index (χ2n) is 32.0. The third kappa shape index (κ3) is 41.3. The van der Waals surface area contributed by atoms with Crippen molar-refractivity contribution in [3.8, 4) is 46.1 Å². The number of nitrogens with zero attached hydrogens (tertiary/aromatic N) is 8. The fourth-order valence-electron chi connectivity index (χ4n) is 10.8. The maximum Gasteiger partial charge on any atom is 1.00 e. The Balaban J connectivity index is 0.000000279. The molecule has 0 saturated heterocycles. The Hall–Kier alpha value is -8.69. The Morgan fingerprint density at radius 1 is 0.366 bits per heavy atom. The van der Waals surface area contributed by atoms with Crippen molar-refractivity contribution in [3.63, 3.8) is 0 Å². The van der Waals surface area contributed by atoms with Gasteiger partial charge in [-0.15, -0.1) is 73.3 Å². The zero-order valence-corrected chi connectivity index (χ0v) is 92.7. The summed E-state index contributed by atoms with van der Waals surface area (Å²) in [6.45, 7) is 25.9. The Morgan fingerprint density at radius 3 is 1.16 bits per heavy atom. The first-order valence-corrected chi connectivity index (χ1v) is 41.8. The van der Waals surface area contributed by atoms with Crippen LogP contribution in [0.15, 0.2) is 319 Å². The van der Waals surface area contributed by atoms with Crippen LogP contribution in [0.4, 0.5) is 23.0 Å². The van der Waals surface area contributed by atoms with Crippen LogP contribution in [-0.2, 0) is 34.9 Å². The number of ether oxygens (including phenoxy) is 6. The first-order valence-electron chi connectivity index (χ1n) is 41.0. The van der Waals surface area contributed by atoms with Gasteiger partial charge < -0.3 is 62.5 Å². The first-order chi connectivity index (χ1) is 62.5. The summed E-state index contributed by atoms with van der Waals surface area (Å²) in [5.41, 5.74) is 9.37. The predicted octanol–water partition coefficient (Wildman–Crippen LogP) is 11.1. The Morgan fingerprint density at radius 2 is 0.739 bits per heavy atom. The number of carbonyl (C=O) groups excluding carboxylic acids is 3. The van der Waals surface area contributed by atoms with E-state index in [1.165, 1.54) is 56.9 Å². The van der Waals surface area contributed by atoms with Gasteiger partial charge in [0.1, 0.15) is 13.2 Å². The molecule has 134 heavy (non-hydrogen) atoms. The standard InChI is InChI=1S/C20H15O2.C19H17N4O3.C19H16N3O3S.C19H15O.4C7H10NO.4K/c21-20(17-7-3-1-4-8-17)18-13-11-16(12-14-18)15-22-19-9-5-2-6-10-19;1-25-16-12-17(26-2)23-19(22-16)21-15-10-6-7-13(11-15)18(24)20-14-8-4-3-5-9-14;1-24-16-12-17(25-2)22-19(21-16)26-15-11-7-6-10-14(15)18(23)20-13-8-4-3-5-9-13;1-3-9-16(10-4-1)19-14-8-7-11-17(19)15-20-18-12-5-2-6-13-18;4*1-7(2,3)6-4-5-8-9-6;;;;/h1,3-14H,15H2;4-12H,1-2H3,(H,20,24)(H,21,22,23);4-12H,1-2H3,(H,20,23);1,3-14H,15H2;4*4H,1-3H3;;;;/q8*-1;4*+1. The van der Waals surface area contributed by atoms with Gasteiger partial charge in [0.05, 0.1) is 46.1 Å². The predicted molar refractivity (Wildman–Crippen MR) is 501 cm³/mol. The van der Waals surface area contributed by atoms with E-state index in [0.717, 1.165) is 45.0 Å². The van der Waals surface area contributed by atoms with Gasteiger partial charge in [-0.05, 0) is 109 Å². The van der Waals surface area contributed by atoms with Gasteiger partial charge in [0.2, 0.25) is 29.5 Å². The van der Waals surface area contributed by atoms with Crippen LogP contribution < -0.4 is 250 Å². The molecular formula is C105H103K4N11O13S-4.